The maximum absolute atomic E-state index is 12.0. The molecule has 3 rings (SSSR count). The van der Waals surface area contributed by atoms with Gasteiger partial charge in [-0.1, -0.05) is 25.5 Å². The predicted octanol–water partition coefficient (Wildman–Crippen LogP) is 2.60. The highest BCUT2D eigenvalue weighted by Crippen LogP contribution is 2.22. The number of anilines is 2. The molecule has 0 amide bonds. The second-order valence-corrected chi connectivity index (χ2v) is 9.26. The molecule has 0 radical (unpaired) electrons. The quantitative estimate of drug-likeness (QED) is 0.326. The number of rotatable bonds is 10. The summed E-state index contributed by atoms with van der Waals surface area (Å²) >= 11 is 0. The zero-order valence-corrected chi connectivity index (χ0v) is 18.8. The highest BCUT2D eigenvalue weighted by atomic mass is 32.2. The molecule has 1 fully saturated rings. The van der Waals surface area contributed by atoms with E-state index in [2.05, 4.69) is 32.2 Å². The standard InChI is InChI=1S/C21H30N6O3S/c1-3-4-11-24-21-25-14-18(20(27-21)26-16-9-12-30-13-10-16)19(22)15-5-7-17(8-6-15)31(28,29)23-2/h5-8,14,16,22-23H,3-4,9-13H2,1-2H3,(H2,24,25,26,27). The molecule has 2 aromatic rings. The van der Waals surface area contributed by atoms with Crippen LogP contribution in [0.3, 0.4) is 0 Å². The van der Waals surface area contributed by atoms with E-state index in [1.807, 2.05) is 0 Å². The van der Waals surface area contributed by atoms with E-state index in [1.54, 1.807) is 18.3 Å². The van der Waals surface area contributed by atoms with Gasteiger partial charge in [0.25, 0.3) is 0 Å². The minimum Gasteiger partial charge on any atom is -0.381 e. The molecule has 10 heteroatoms. The van der Waals surface area contributed by atoms with Crippen molar-refractivity contribution < 1.29 is 13.2 Å². The number of ether oxygens (including phenoxy) is 1. The molecule has 1 aliphatic heterocycles. The van der Waals surface area contributed by atoms with Gasteiger partial charge in [-0.2, -0.15) is 4.98 Å². The van der Waals surface area contributed by atoms with Gasteiger partial charge in [-0.05, 0) is 38.4 Å². The second kappa shape index (κ2) is 10.7. The number of hydrogen-bond acceptors (Lipinski definition) is 8. The van der Waals surface area contributed by atoms with E-state index in [-0.39, 0.29) is 16.6 Å². The lowest BCUT2D eigenvalue weighted by atomic mass is 10.0. The van der Waals surface area contributed by atoms with E-state index in [4.69, 9.17) is 10.1 Å². The molecule has 9 nitrogen and oxygen atoms in total. The van der Waals surface area contributed by atoms with Crippen LogP contribution in [0.4, 0.5) is 11.8 Å². The van der Waals surface area contributed by atoms with Crippen LogP contribution >= 0.6 is 0 Å². The van der Waals surface area contributed by atoms with Crippen LogP contribution in [0.25, 0.3) is 0 Å². The molecule has 0 atom stereocenters. The van der Waals surface area contributed by atoms with Gasteiger partial charge >= 0.3 is 0 Å². The lowest BCUT2D eigenvalue weighted by Gasteiger charge is -2.25. The van der Waals surface area contributed by atoms with E-state index >= 15 is 0 Å². The molecular weight excluding hydrogens is 416 g/mol. The second-order valence-electron chi connectivity index (χ2n) is 7.37. The molecule has 4 N–H and O–H groups in total. The first-order chi connectivity index (χ1) is 14.9. The first-order valence-corrected chi connectivity index (χ1v) is 12.0. The fourth-order valence-corrected chi connectivity index (χ4v) is 3.98. The summed E-state index contributed by atoms with van der Waals surface area (Å²) in [6.07, 6.45) is 5.47. The molecule has 168 valence electrons. The van der Waals surface area contributed by atoms with Crippen molar-refractivity contribution in [3.8, 4) is 0 Å². The van der Waals surface area contributed by atoms with Crippen LogP contribution in [0.15, 0.2) is 35.4 Å². The molecule has 0 spiro atoms. The van der Waals surface area contributed by atoms with Crippen molar-refractivity contribution in [1.29, 1.82) is 5.41 Å². The minimum absolute atomic E-state index is 0.152. The number of benzene rings is 1. The molecule has 1 aliphatic rings. The van der Waals surface area contributed by atoms with Crippen molar-refractivity contribution in [2.75, 3.05) is 37.4 Å². The summed E-state index contributed by atoms with van der Waals surface area (Å²) in [4.78, 5) is 9.17. The summed E-state index contributed by atoms with van der Waals surface area (Å²) in [5.41, 5.74) is 1.38. The van der Waals surface area contributed by atoms with Gasteiger partial charge in [0.2, 0.25) is 16.0 Å². The Kier molecular flexibility index (Phi) is 7.94. The predicted molar refractivity (Wildman–Crippen MR) is 122 cm³/mol. The van der Waals surface area contributed by atoms with Crippen molar-refractivity contribution in [3.63, 3.8) is 0 Å². The van der Waals surface area contributed by atoms with Gasteiger partial charge in [0.15, 0.2) is 0 Å². The van der Waals surface area contributed by atoms with Crippen molar-refractivity contribution in [1.82, 2.24) is 14.7 Å². The van der Waals surface area contributed by atoms with Gasteiger partial charge in [-0.3, -0.25) is 5.41 Å². The van der Waals surface area contributed by atoms with E-state index < -0.39 is 10.0 Å². The van der Waals surface area contributed by atoms with Crippen LogP contribution in [-0.2, 0) is 14.8 Å². The average Bonchev–Trinajstić information content (AvgIpc) is 2.80. The van der Waals surface area contributed by atoms with Gasteiger partial charge < -0.3 is 15.4 Å². The molecule has 1 aromatic carbocycles. The van der Waals surface area contributed by atoms with Crippen molar-refractivity contribution in [2.45, 2.75) is 43.5 Å². The smallest absolute Gasteiger partial charge is 0.240 e. The molecule has 1 aromatic heterocycles. The maximum Gasteiger partial charge on any atom is 0.240 e. The third-order valence-electron chi connectivity index (χ3n) is 5.16. The van der Waals surface area contributed by atoms with Gasteiger partial charge in [0, 0.05) is 37.6 Å². The zero-order valence-electron chi connectivity index (χ0n) is 17.9. The Morgan fingerprint density at radius 1 is 1.23 bits per heavy atom. The molecule has 2 heterocycles. The zero-order chi connectivity index (χ0) is 22.3. The van der Waals surface area contributed by atoms with Crippen LogP contribution in [0, 0.1) is 5.41 Å². The Balaban J connectivity index is 1.87. The summed E-state index contributed by atoms with van der Waals surface area (Å²) in [7, 11) is -2.16. The van der Waals surface area contributed by atoms with Crippen LogP contribution in [0.1, 0.15) is 43.7 Å². The van der Waals surface area contributed by atoms with E-state index in [0.717, 1.165) is 32.2 Å². The topological polar surface area (TPSA) is 129 Å². The molecule has 0 saturated carbocycles. The Labute approximate surface area is 183 Å². The number of nitrogens with one attached hydrogen (secondary N) is 4. The van der Waals surface area contributed by atoms with Crippen molar-refractivity contribution >= 4 is 27.5 Å². The highest BCUT2D eigenvalue weighted by Gasteiger charge is 2.20. The van der Waals surface area contributed by atoms with E-state index in [0.29, 0.717) is 36.1 Å². The number of unbranched alkanes of at least 4 members (excludes halogenated alkanes) is 1. The van der Waals surface area contributed by atoms with Gasteiger partial charge in [0.05, 0.1) is 16.2 Å². The lowest BCUT2D eigenvalue weighted by Crippen LogP contribution is -2.29. The van der Waals surface area contributed by atoms with Crippen LogP contribution in [0.5, 0.6) is 0 Å². The van der Waals surface area contributed by atoms with E-state index in [9.17, 15) is 8.42 Å². The van der Waals surface area contributed by atoms with Crippen molar-refractivity contribution in [2.24, 2.45) is 0 Å². The monoisotopic (exact) mass is 446 g/mol. The number of hydrogen-bond donors (Lipinski definition) is 4. The Hall–Kier alpha value is -2.56. The van der Waals surface area contributed by atoms with E-state index in [1.165, 1.54) is 19.2 Å². The Morgan fingerprint density at radius 2 is 1.94 bits per heavy atom. The molecule has 1 saturated heterocycles. The van der Waals surface area contributed by atoms with Crippen molar-refractivity contribution in [3.05, 3.63) is 41.6 Å². The van der Waals surface area contributed by atoms with Gasteiger partial charge in [-0.25, -0.2) is 18.1 Å². The molecule has 0 aliphatic carbocycles. The summed E-state index contributed by atoms with van der Waals surface area (Å²) in [5.74, 6) is 1.12. The van der Waals surface area contributed by atoms with Gasteiger partial charge in [-0.15, -0.1) is 0 Å². The minimum atomic E-state index is -3.53. The SMILES string of the molecule is CCCCNc1ncc(C(=N)c2ccc(S(=O)(=O)NC)cc2)c(NC2CCOCC2)n1. The Bertz CT molecular complexity index is 989. The van der Waals surface area contributed by atoms with Crippen LogP contribution in [0.2, 0.25) is 0 Å². The highest BCUT2D eigenvalue weighted by molar-refractivity contribution is 7.89. The molecule has 0 bridgehead atoms. The summed E-state index contributed by atoms with van der Waals surface area (Å²) < 4.78 is 31.7. The van der Waals surface area contributed by atoms with Gasteiger partial charge in [0.1, 0.15) is 5.82 Å². The average molecular weight is 447 g/mol. The first-order valence-electron chi connectivity index (χ1n) is 10.5. The lowest BCUT2D eigenvalue weighted by molar-refractivity contribution is 0.0904. The summed E-state index contributed by atoms with van der Waals surface area (Å²) in [6.45, 7) is 4.29. The van der Waals surface area contributed by atoms with Crippen LogP contribution in [-0.4, -0.2) is 56.9 Å². The fourth-order valence-electron chi connectivity index (χ4n) is 3.25. The third-order valence-corrected chi connectivity index (χ3v) is 6.59. The molecule has 0 unspecified atom stereocenters. The first kappa shape index (κ1) is 23.1. The number of sulfonamides is 1. The van der Waals surface area contributed by atoms with Crippen LogP contribution < -0.4 is 15.4 Å². The number of aromatic nitrogens is 2. The summed E-state index contributed by atoms with van der Waals surface area (Å²) in [5, 5.41) is 15.4. The Morgan fingerprint density at radius 3 is 2.58 bits per heavy atom. The summed E-state index contributed by atoms with van der Waals surface area (Å²) in [6, 6.07) is 6.43. The maximum atomic E-state index is 12.0. The fraction of sp³-hybridized carbons (Fsp3) is 0.476. The normalized spacial score (nSPS) is 14.9. The largest absolute Gasteiger partial charge is 0.381 e. The number of nitrogens with zero attached hydrogens (tertiary/aromatic N) is 2. The third kappa shape index (κ3) is 5.99. The molecular formula is C21H30N6O3S. The molecule has 31 heavy (non-hydrogen) atoms.